The van der Waals surface area contributed by atoms with E-state index >= 15 is 0 Å². The first-order valence-electron chi connectivity index (χ1n) is 3.63. The first-order chi connectivity index (χ1) is 5.29. The van der Waals surface area contributed by atoms with Gasteiger partial charge in [0.05, 0.1) is 0 Å². The van der Waals surface area contributed by atoms with E-state index in [-0.39, 0.29) is 6.42 Å². The number of hydrogen-bond donors (Lipinski definition) is 0. The van der Waals surface area contributed by atoms with Gasteiger partial charge in [0.2, 0.25) is 6.36 Å². The van der Waals surface area contributed by atoms with Gasteiger partial charge < -0.3 is 0 Å². The highest BCUT2D eigenvalue weighted by Crippen LogP contribution is 2.05. The van der Waals surface area contributed by atoms with Crippen molar-refractivity contribution in [3.05, 3.63) is 35.9 Å². The molecule has 0 aliphatic carbocycles. The van der Waals surface area contributed by atoms with Gasteiger partial charge in [0.15, 0.2) is 0 Å². The Morgan fingerprint density at radius 2 is 1.91 bits per heavy atom. The summed E-state index contributed by atoms with van der Waals surface area (Å²) in [6.07, 6.45) is -1.33. The van der Waals surface area contributed by atoms with Gasteiger partial charge in [-0.3, -0.25) is 0 Å². The molecule has 0 heterocycles. The number of alkyl halides is 1. The Bertz CT molecular complexity index is 196. The number of halogens is 1. The Labute approximate surface area is 65.5 Å². The molecule has 0 N–H and O–H groups in total. The lowest BCUT2D eigenvalue weighted by Gasteiger charge is -1.98. The SMILES string of the molecule is [O]C(F)CCc1ccccc1. The van der Waals surface area contributed by atoms with Crippen molar-refractivity contribution < 1.29 is 9.50 Å². The minimum Gasteiger partial charge on any atom is -0.213 e. The molecule has 0 aliphatic heterocycles. The van der Waals surface area contributed by atoms with Crippen LogP contribution in [0.3, 0.4) is 0 Å². The molecule has 11 heavy (non-hydrogen) atoms. The maximum absolute atomic E-state index is 11.8. The molecule has 1 rings (SSSR count). The molecule has 2 heteroatoms. The summed E-state index contributed by atoms with van der Waals surface area (Å²) in [5.74, 6) is 0. The summed E-state index contributed by atoms with van der Waals surface area (Å²) in [5, 5.41) is 10.0. The van der Waals surface area contributed by atoms with Crippen LogP contribution in [-0.4, -0.2) is 6.36 Å². The smallest absolute Gasteiger partial charge is 0.213 e. The number of hydrogen-bond acceptors (Lipinski definition) is 0. The van der Waals surface area contributed by atoms with E-state index in [1.165, 1.54) is 0 Å². The van der Waals surface area contributed by atoms with Crippen molar-refractivity contribution in [2.24, 2.45) is 0 Å². The molecule has 1 aromatic rings. The van der Waals surface area contributed by atoms with Crippen molar-refractivity contribution in [1.82, 2.24) is 0 Å². The third-order valence-corrected chi connectivity index (χ3v) is 1.50. The van der Waals surface area contributed by atoms with Crippen molar-refractivity contribution in [2.45, 2.75) is 19.2 Å². The standard InChI is InChI=1S/C9H10FO/c10-9(11)7-6-8-4-2-1-3-5-8/h1-5,9H,6-7H2. The molecule has 1 radical (unpaired) electrons. The van der Waals surface area contributed by atoms with E-state index in [4.69, 9.17) is 0 Å². The lowest BCUT2D eigenvalue weighted by atomic mass is 10.1. The van der Waals surface area contributed by atoms with E-state index in [1.807, 2.05) is 30.3 Å². The topological polar surface area (TPSA) is 19.9 Å². The number of benzene rings is 1. The first kappa shape index (κ1) is 8.21. The maximum Gasteiger partial charge on any atom is 0.231 e. The lowest BCUT2D eigenvalue weighted by Crippen LogP contribution is -1.97. The van der Waals surface area contributed by atoms with E-state index < -0.39 is 6.36 Å². The van der Waals surface area contributed by atoms with Crippen molar-refractivity contribution in [3.8, 4) is 0 Å². The lowest BCUT2D eigenvalue weighted by molar-refractivity contribution is -0.0276. The third-order valence-electron chi connectivity index (χ3n) is 1.50. The molecular formula is C9H10FO. The molecule has 1 nitrogen and oxygen atoms in total. The minimum atomic E-state index is -1.93. The highest BCUT2D eigenvalue weighted by atomic mass is 19.1. The zero-order valence-electron chi connectivity index (χ0n) is 6.16. The quantitative estimate of drug-likeness (QED) is 0.635. The normalized spacial score (nSPS) is 12.9. The maximum atomic E-state index is 11.8. The molecule has 0 bridgehead atoms. The molecule has 0 saturated heterocycles. The van der Waals surface area contributed by atoms with Gasteiger partial charge in [-0.05, 0) is 12.0 Å². The second-order valence-corrected chi connectivity index (χ2v) is 2.43. The van der Waals surface area contributed by atoms with E-state index in [0.29, 0.717) is 6.42 Å². The van der Waals surface area contributed by atoms with Crippen LogP contribution in [-0.2, 0) is 11.5 Å². The van der Waals surface area contributed by atoms with Crippen molar-refractivity contribution >= 4 is 0 Å². The molecule has 0 saturated carbocycles. The number of rotatable bonds is 3. The van der Waals surface area contributed by atoms with E-state index in [1.54, 1.807) is 0 Å². The summed E-state index contributed by atoms with van der Waals surface area (Å²) < 4.78 is 11.8. The summed E-state index contributed by atoms with van der Waals surface area (Å²) in [6, 6.07) is 9.44. The molecule has 0 aromatic heterocycles. The Hall–Kier alpha value is -0.890. The van der Waals surface area contributed by atoms with Gasteiger partial charge in [-0.15, -0.1) is 0 Å². The van der Waals surface area contributed by atoms with Crippen LogP contribution < -0.4 is 0 Å². The molecule has 0 amide bonds. The zero-order chi connectivity index (χ0) is 8.10. The fourth-order valence-corrected chi connectivity index (χ4v) is 0.925. The van der Waals surface area contributed by atoms with Gasteiger partial charge in [0.25, 0.3) is 0 Å². The monoisotopic (exact) mass is 153 g/mol. The summed E-state index contributed by atoms with van der Waals surface area (Å²) in [5.41, 5.74) is 1.02. The van der Waals surface area contributed by atoms with Crippen LogP contribution in [0.15, 0.2) is 30.3 Å². The Kier molecular flexibility index (Phi) is 3.05. The molecule has 1 atom stereocenters. The van der Waals surface area contributed by atoms with Gasteiger partial charge in [-0.25, -0.2) is 4.39 Å². The summed E-state index contributed by atoms with van der Waals surface area (Å²) >= 11 is 0. The second-order valence-electron chi connectivity index (χ2n) is 2.43. The van der Waals surface area contributed by atoms with Crippen LogP contribution in [0.2, 0.25) is 0 Å². The highest BCUT2D eigenvalue weighted by Gasteiger charge is 2.01. The Morgan fingerprint density at radius 3 is 2.45 bits per heavy atom. The van der Waals surface area contributed by atoms with E-state index in [9.17, 15) is 9.50 Å². The Balaban J connectivity index is 2.39. The predicted octanol–water partition coefficient (Wildman–Crippen LogP) is 2.35. The fraction of sp³-hybridized carbons (Fsp3) is 0.333. The largest absolute Gasteiger partial charge is 0.231 e. The minimum absolute atomic E-state index is 0.0734. The van der Waals surface area contributed by atoms with E-state index in [2.05, 4.69) is 0 Å². The first-order valence-corrected chi connectivity index (χ1v) is 3.63. The summed E-state index contributed by atoms with van der Waals surface area (Å²) in [6.45, 7) is 0. The molecule has 1 aromatic carbocycles. The molecule has 1 unspecified atom stereocenters. The van der Waals surface area contributed by atoms with Crippen LogP contribution in [0, 0.1) is 0 Å². The van der Waals surface area contributed by atoms with Gasteiger partial charge in [0, 0.05) is 6.42 Å². The van der Waals surface area contributed by atoms with E-state index in [0.717, 1.165) is 5.56 Å². The second kappa shape index (κ2) is 4.09. The molecular weight excluding hydrogens is 143 g/mol. The summed E-state index contributed by atoms with van der Waals surface area (Å²) in [4.78, 5) is 0. The van der Waals surface area contributed by atoms with Gasteiger partial charge in [-0.2, -0.15) is 5.11 Å². The average molecular weight is 153 g/mol. The number of aryl methyl sites for hydroxylation is 1. The average Bonchev–Trinajstić information content (AvgIpc) is 2.03. The van der Waals surface area contributed by atoms with Crippen molar-refractivity contribution in [2.75, 3.05) is 0 Å². The zero-order valence-corrected chi connectivity index (χ0v) is 6.16. The van der Waals surface area contributed by atoms with Gasteiger partial charge >= 0.3 is 0 Å². The molecule has 59 valence electrons. The summed E-state index contributed by atoms with van der Waals surface area (Å²) in [7, 11) is 0. The molecule has 0 spiro atoms. The predicted molar refractivity (Wildman–Crippen MR) is 40.3 cm³/mol. The van der Waals surface area contributed by atoms with Crippen LogP contribution in [0.1, 0.15) is 12.0 Å². The van der Waals surface area contributed by atoms with Crippen molar-refractivity contribution in [1.29, 1.82) is 0 Å². The molecule has 0 aliphatic rings. The van der Waals surface area contributed by atoms with Gasteiger partial charge in [-0.1, -0.05) is 30.3 Å². The van der Waals surface area contributed by atoms with Crippen LogP contribution in [0.25, 0.3) is 0 Å². The highest BCUT2D eigenvalue weighted by molar-refractivity contribution is 5.14. The fourth-order valence-electron chi connectivity index (χ4n) is 0.925. The Morgan fingerprint density at radius 1 is 1.27 bits per heavy atom. The van der Waals surface area contributed by atoms with Crippen molar-refractivity contribution in [3.63, 3.8) is 0 Å². The van der Waals surface area contributed by atoms with Gasteiger partial charge in [0.1, 0.15) is 0 Å². The molecule has 0 fully saturated rings. The van der Waals surface area contributed by atoms with Crippen LogP contribution in [0.4, 0.5) is 4.39 Å². The third kappa shape index (κ3) is 3.14. The van der Waals surface area contributed by atoms with Crippen LogP contribution >= 0.6 is 0 Å². The van der Waals surface area contributed by atoms with Crippen LogP contribution in [0.5, 0.6) is 0 Å².